The van der Waals surface area contributed by atoms with Gasteiger partial charge in [-0.3, -0.25) is 4.79 Å². The van der Waals surface area contributed by atoms with Crippen LogP contribution in [0.5, 0.6) is 0 Å². The molecule has 0 atom stereocenters. The minimum absolute atomic E-state index is 0.163. The van der Waals surface area contributed by atoms with E-state index in [1.54, 1.807) is 35.4 Å². The third kappa shape index (κ3) is 2.16. The highest BCUT2D eigenvalue weighted by Crippen LogP contribution is 2.16. The van der Waals surface area contributed by atoms with E-state index >= 15 is 0 Å². The van der Waals surface area contributed by atoms with Crippen LogP contribution in [0.4, 0.5) is 5.82 Å². The van der Waals surface area contributed by atoms with E-state index in [1.165, 1.54) is 0 Å². The molecule has 0 aliphatic carbocycles. The van der Waals surface area contributed by atoms with Gasteiger partial charge in [0.25, 0.3) is 5.91 Å². The zero-order valence-electron chi connectivity index (χ0n) is 11.3. The number of imidazole rings is 1. The van der Waals surface area contributed by atoms with Crippen LogP contribution in [0.2, 0.25) is 0 Å². The molecule has 3 rings (SSSR count). The maximum Gasteiger partial charge on any atom is 0.256 e. The van der Waals surface area contributed by atoms with Crippen molar-refractivity contribution in [1.82, 2.24) is 19.7 Å². The molecule has 0 bridgehead atoms. The summed E-state index contributed by atoms with van der Waals surface area (Å²) in [6.45, 7) is 4.03. The number of aromatic nitrogens is 4. The maximum atomic E-state index is 12.3. The lowest BCUT2D eigenvalue weighted by atomic mass is 10.2. The summed E-state index contributed by atoms with van der Waals surface area (Å²) in [5, 5.41) is 7.06. The zero-order valence-corrected chi connectivity index (χ0v) is 11.3. The van der Waals surface area contributed by atoms with Gasteiger partial charge in [-0.15, -0.1) is 0 Å². The predicted octanol–water partition coefficient (Wildman–Crippen LogP) is 2.59. The van der Waals surface area contributed by atoms with Crippen molar-refractivity contribution in [2.45, 2.75) is 19.9 Å². The Kier molecular flexibility index (Phi) is 2.98. The Labute approximate surface area is 115 Å². The number of aromatic amines is 1. The standard InChI is InChI=1S/C14H15N5O/c1-9(2)19-13(5-6-17-19)18-14(20)10-3-4-11-12(7-10)16-8-15-11/h3-9H,1-2H3,(H,15,16)(H,18,20). The molecule has 3 aromatic rings. The van der Waals surface area contributed by atoms with Gasteiger partial charge in [0.05, 0.1) is 23.6 Å². The molecule has 0 aliphatic heterocycles. The summed E-state index contributed by atoms with van der Waals surface area (Å²) < 4.78 is 1.77. The first-order valence-corrected chi connectivity index (χ1v) is 6.43. The number of benzene rings is 1. The third-order valence-electron chi connectivity index (χ3n) is 3.08. The molecule has 6 nitrogen and oxygen atoms in total. The summed E-state index contributed by atoms with van der Waals surface area (Å²) in [5.74, 6) is 0.526. The molecule has 0 radical (unpaired) electrons. The van der Waals surface area contributed by atoms with Gasteiger partial charge in [0.15, 0.2) is 0 Å². The Hall–Kier alpha value is -2.63. The molecule has 20 heavy (non-hydrogen) atoms. The van der Waals surface area contributed by atoms with Crippen LogP contribution in [0.3, 0.4) is 0 Å². The van der Waals surface area contributed by atoms with Crippen molar-refractivity contribution in [1.29, 1.82) is 0 Å². The van der Waals surface area contributed by atoms with Crippen LogP contribution >= 0.6 is 0 Å². The van der Waals surface area contributed by atoms with Crippen molar-refractivity contribution in [2.24, 2.45) is 0 Å². The van der Waals surface area contributed by atoms with Crippen molar-refractivity contribution in [2.75, 3.05) is 5.32 Å². The van der Waals surface area contributed by atoms with Crippen molar-refractivity contribution in [3.63, 3.8) is 0 Å². The van der Waals surface area contributed by atoms with Gasteiger partial charge in [-0.1, -0.05) is 0 Å². The summed E-state index contributed by atoms with van der Waals surface area (Å²) >= 11 is 0. The third-order valence-corrected chi connectivity index (χ3v) is 3.08. The lowest BCUT2D eigenvalue weighted by Crippen LogP contribution is -2.16. The van der Waals surface area contributed by atoms with E-state index in [1.807, 2.05) is 19.9 Å². The van der Waals surface area contributed by atoms with Gasteiger partial charge in [-0.05, 0) is 32.0 Å². The van der Waals surface area contributed by atoms with Crippen LogP contribution in [0, 0.1) is 0 Å². The monoisotopic (exact) mass is 269 g/mol. The SMILES string of the molecule is CC(C)n1nccc1NC(=O)c1ccc2nc[nH]c2c1. The van der Waals surface area contributed by atoms with E-state index < -0.39 is 0 Å². The lowest BCUT2D eigenvalue weighted by Gasteiger charge is -2.11. The molecule has 1 aromatic carbocycles. The molecule has 2 aromatic heterocycles. The number of H-pyrrole nitrogens is 1. The van der Waals surface area contributed by atoms with E-state index in [2.05, 4.69) is 20.4 Å². The van der Waals surface area contributed by atoms with Gasteiger partial charge in [0.2, 0.25) is 0 Å². The zero-order chi connectivity index (χ0) is 14.1. The average Bonchev–Trinajstić information content (AvgIpc) is 3.05. The van der Waals surface area contributed by atoms with Gasteiger partial charge < -0.3 is 10.3 Å². The number of rotatable bonds is 3. The number of nitrogens with one attached hydrogen (secondary N) is 2. The Bertz CT molecular complexity index is 756. The lowest BCUT2D eigenvalue weighted by molar-refractivity contribution is 0.102. The second kappa shape index (κ2) is 4.80. The Balaban J connectivity index is 1.86. The molecule has 0 aliphatic rings. The highest BCUT2D eigenvalue weighted by molar-refractivity contribution is 6.05. The van der Waals surface area contributed by atoms with Crippen molar-refractivity contribution >= 4 is 22.8 Å². The second-order valence-corrected chi connectivity index (χ2v) is 4.84. The van der Waals surface area contributed by atoms with E-state index in [-0.39, 0.29) is 11.9 Å². The van der Waals surface area contributed by atoms with Crippen LogP contribution in [0.15, 0.2) is 36.8 Å². The van der Waals surface area contributed by atoms with Crippen LogP contribution < -0.4 is 5.32 Å². The fourth-order valence-electron chi connectivity index (χ4n) is 2.09. The summed E-state index contributed by atoms with van der Waals surface area (Å²) in [5.41, 5.74) is 2.27. The van der Waals surface area contributed by atoms with E-state index in [0.717, 1.165) is 11.0 Å². The fourth-order valence-corrected chi connectivity index (χ4v) is 2.09. The van der Waals surface area contributed by atoms with Crippen LogP contribution in [0.1, 0.15) is 30.2 Å². The molecule has 102 valence electrons. The normalized spacial score (nSPS) is 11.2. The summed E-state index contributed by atoms with van der Waals surface area (Å²) in [4.78, 5) is 19.4. The molecule has 1 amide bonds. The Morgan fingerprint density at radius 3 is 3.00 bits per heavy atom. The van der Waals surface area contributed by atoms with Crippen molar-refractivity contribution in [3.05, 3.63) is 42.4 Å². The Morgan fingerprint density at radius 1 is 1.35 bits per heavy atom. The first-order chi connectivity index (χ1) is 9.65. The first kappa shape index (κ1) is 12.4. The van der Waals surface area contributed by atoms with Gasteiger partial charge >= 0.3 is 0 Å². The molecule has 0 spiro atoms. The molecular weight excluding hydrogens is 254 g/mol. The predicted molar refractivity (Wildman–Crippen MR) is 76.7 cm³/mol. The molecule has 2 N–H and O–H groups in total. The maximum absolute atomic E-state index is 12.3. The molecular formula is C14H15N5O. The fraction of sp³-hybridized carbons (Fsp3) is 0.214. The molecule has 0 saturated carbocycles. The summed E-state index contributed by atoms with van der Waals surface area (Å²) in [7, 11) is 0. The number of amides is 1. The minimum Gasteiger partial charge on any atom is -0.345 e. The highest BCUT2D eigenvalue weighted by Gasteiger charge is 2.12. The quantitative estimate of drug-likeness (QED) is 0.767. The van der Waals surface area contributed by atoms with Crippen LogP contribution in [-0.4, -0.2) is 25.7 Å². The number of carbonyl (C=O) groups is 1. The van der Waals surface area contributed by atoms with Crippen molar-refractivity contribution < 1.29 is 4.79 Å². The summed E-state index contributed by atoms with van der Waals surface area (Å²) in [6.07, 6.45) is 3.29. The molecule has 0 fully saturated rings. The van der Waals surface area contributed by atoms with E-state index in [9.17, 15) is 4.79 Å². The van der Waals surface area contributed by atoms with Crippen molar-refractivity contribution in [3.8, 4) is 0 Å². The molecule has 0 unspecified atom stereocenters. The van der Waals surface area contributed by atoms with E-state index in [0.29, 0.717) is 11.4 Å². The second-order valence-electron chi connectivity index (χ2n) is 4.84. The molecule has 6 heteroatoms. The topological polar surface area (TPSA) is 75.6 Å². The van der Waals surface area contributed by atoms with Gasteiger partial charge in [0.1, 0.15) is 5.82 Å². The van der Waals surface area contributed by atoms with Gasteiger partial charge in [-0.25, -0.2) is 9.67 Å². The minimum atomic E-state index is -0.163. The largest absolute Gasteiger partial charge is 0.345 e. The Morgan fingerprint density at radius 2 is 2.20 bits per heavy atom. The highest BCUT2D eigenvalue weighted by atomic mass is 16.1. The number of anilines is 1. The molecule has 2 heterocycles. The van der Waals surface area contributed by atoms with Gasteiger partial charge in [-0.2, -0.15) is 5.10 Å². The number of hydrogen-bond donors (Lipinski definition) is 2. The first-order valence-electron chi connectivity index (χ1n) is 6.43. The van der Waals surface area contributed by atoms with Crippen LogP contribution in [0.25, 0.3) is 11.0 Å². The number of fused-ring (bicyclic) bond motifs is 1. The van der Waals surface area contributed by atoms with Crippen LogP contribution in [-0.2, 0) is 0 Å². The average molecular weight is 269 g/mol. The molecule has 0 saturated heterocycles. The van der Waals surface area contributed by atoms with Gasteiger partial charge in [0, 0.05) is 17.7 Å². The number of carbonyl (C=O) groups excluding carboxylic acids is 1. The smallest absolute Gasteiger partial charge is 0.256 e. The number of nitrogens with zero attached hydrogens (tertiary/aromatic N) is 3. The number of hydrogen-bond acceptors (Lipinski definition) is 3. The van der Waals surface area contributed by atoms with E-state index in [4.69, 9.17) is 0 Å². The summed E-state index contributed by atoms with van der Waals surface area (Å²) in [6, 6.07) is 7.34.